The first kappa shape index (κ1) is 14.5. The number of anilines is 2. The van der Waals surface area contributed by atoms with E-state index in [9.17, 15) is 17.6 Å². The Hall–Kier alpha value is -1.89. The van der Waals surface area contributed by atoms with E-state index in [1.54, 1.807) is 13.0 Å². The summed E-state index contributed by atoms with van der Waals surface area (Å²) in [5.41, 5.74) is -0.290. The number of aryl methyl sites for hydroxylation is 1. The molecule has 0 fully saturated rings. The first-order valence-electron chi connectivity index (χ1n) is 5.40. The summed E-state index contributed by atoms with van der Waals surface area (Å²) < 4.78 is 50.9. The highest BCUT2D eigenvalue weighted by molar-refractivity contribution is 6.28. The predicted octanol–water partition coefficient (Wildman–Crippen LogP) is 4.34. The van der Waals surface area contributed by atoms with Gasteiger partial charge in [-0.15, -0.1) is 0 Å². The molecule has 0 atom stereocenters. The number of alkyl halides is 3. The number of aromatic nitrogens is 2. The van der Waals surface area contributed by atoms with Gasteiger partial charge in [0.1, 0.15) is 11.6 Å². The molecule has 106 valence electrons. The zero-order valence-corrected chi connectivity index (χ0v) is 10.8. The lowest BCUT2D eigenvalue weighted by molar-refractivity contribution is -0.141. The van der Waals surface area contributed by atoms with Crippen LogP contribution in [0.1, 0.15) is 11.3 Å². The van der Waals surface area contributed by atoms with E-state index in [2.05, 4.69) is 15.3 Å². The van der Waals surface area contributed by atoms with Crippen molar-refractivity contribution >= 4 is 23.1 Å². The lowest BCUT2D eigenvalue weighted by Crippen LogP contribution is -2.10. The molecule has 3 nitrogen and oxygen atoms in total. The molecule has 0 spiro atoms. The number of rotatable bonds is 2. The van der Waals surface area contributed by atoms with Crippen molar-refractivity contribution in [3.8, 4) is 0 Å². The maximum Gasteiger partial charge on any atom is 0.433 e. The Kier molecular flexibility index (Phi) is 3.80. The molecule has 8 heteroatoms. The van der Waals surface area contributed by atoms with Crippen molar-refractivity contribution in [2.75, 3.05) is 5.32 Å². The minimum Gasteiger partial charge on any atom is -0.340 e. The molecule has 1 N–H and O–H groups in total. The molecule has 2 rings (SSSR count). The van der Waals surface area contributed by atoms with Crippen LogP contribution in [0, 0.1) is 12.7 Å². The zero-order valence-electron chi connectivity index (χ0n) is 10.1. The van der Waals surface area contributed by atoms with Gasteiger partial charge in [-0.3, -0.25) is 0 Å². The molecule has 1 aromatic heterocycles. The Morgan fingerprint density at radius 1 is 1.10 bits per heavy atom. The minimum absolute atomic E-state index is 0.165. The molecule has 0 unspecified atom stereocenters. The first-order valence-corrected chi connectivity index (χ1v) is 5.78. The van der Waals surface area contributed by atoms with Crippen LogP contribution in [0.4, 0.5) is 29.1 Å². The number of hydrogen-bond donors (Lipinski definition) is 1. The average molecular weight is 306 g/mol. The number of hydrogen-bond acceptors (Lipinski definition) is 3. The van der Waals surface area contributed by atoms with Crippen LogP contribution < -0.4 is 5.32 Å². The van der Waals surface area contributed by atoms with Crippen molar-refractivity contribution in [2.45, 2.75) is 13.1 Å². The second kappa shape index (κ2) is 5.24. The van der Waals surface area contributed by atoms with Crippen LogP contribution in [0.5, 0.6) is 0 Å². The summed E-state index contributed by atoms with van der Waals surface area (Å²) in [7, 11) is 0. The fraction of sp³-hybridized carbons (Fsp3) is 0.167. The lowest BCUT2D eigenvalue weighted by atomic mass is 10.2. The Morgan fingerprint density at radius 3 is 2.40 bits per heavy atom. The molecule has 0 aliphatic carbocycles. The smallest absolute Gasteiger partial charge is 0.340 e. The second-order valence-electron chi connectivity index (χ2n) is 4.05. The molecule has 0 amide bonds. The fourth-order valence-electron chi connectivity index (χ4n) is 1.58. The van der Waals surface area contributed by atoms with E-state index in [-0.39, 0.29) is 11.5 Å². The number of benzene rings is 1. The van der Waals surface area contributed by atoms with Gasteiger partial charge in [0.05, 0.1) is 0 Å². The average Bonchev–Trinajstić information content (AvgIpc) is 2.25. The number of nitrogens with zero attached hydrogens (tertiary/aromatic N) is 2. The van der Waals surface area contributed by atoms with Gasteiger partial charge in [0.2, 0.25) is 5.28 Å². The van der Waals surface area contributed by atoms with Gasteiger partial charge >= 0.3 is 6.18 Å². The molecule has 0 radical (unpaired) electrons. The van der Waals surface area contributed by atoms with Gasteiger partial charge in [0, 0.05) is 11.8 Å². The van der Waals surface area contributed by atoms with Gasteiger partial charge in [-0.05, 0) is 42.3 Å². The SMILES string of the molecule is Cc1cc(F)cc(Nc2cc(C(F)(F)F)nc(Cl)n2)c1. The summed E-state index contributed by atoms with van der Waals surface area (Å²) in [6.07, 6.45) is -4.64. The Morgan fingerprint density at radius 2 is 1.80 bits per heavy atom. The monoisotopic (exact) mass is 305 g/mol. The van der Waals surface area contributed by atoms with Gasteiger partial charge in [0.25, 0.3) is 0 Å². The fourth-order valence-corrected chi connectivity index (χ4v) is 1.77. The quantitative estimate of drug-likeness (QED) is 0.662. The third-order valence-electron chi connectivity index (χ3n) is 2.30. The number of nitrogens with one attached hydrogen (secondary N) is 1. The van der Waals surface area contributed by atoms with Crippen molar-refractivity contribution in [3.05, 3.63) is 46.6 Å². The van der Waals surface area contributed by atoms with Crippen LogP contribution in [0.3, 0.4) is 0 Å². The van der Waals surface area contributed by atoms with Crippen LogP contribution in [0.15, 0.2) is 24.3 Å². The standard InChI is InChI=1S/C12H8ClF4N3/c1-6-2-7(14)4-8(3-6)18-10-5-9(12(15,16)17)19-11(13)20-10/h2-5H,1H3,(H,18,19,20). The van der Waals surface area contributed by atoms with Crippen LogP contribution in [-0.4, -0.2) is 9.97 Å². The first-order chi connectivity index (χ1) is 9.24. The lowest BCUT2D eigenvalue weighted by Gasteiger charge is -2.10. The van der Waals surface area contributed by atoms with Crippen molar-refractivity contribution < 1.29 is 17.6 Å². The highest BCUT2D eigenvalue weighted by Gasteiger charge is 2.33. The van der Waals surface area contributed by atoms with Crippen molar-refractivity contribution in [2.24, 2.45) is 0 Å². The molecular formula is C12H8ClF4N3. The maximum atomic E-state index is 13.2. The zero-order chi connectivity index (χ0) is 14.9. The topological polar surface area (TPSA) is 37.8 Å². The molecule has 1 aromatic carbocycles. The van der Waals surface area contributed by atoms with Crippen LogP contribution in [0.2, 0.25) is 5.28 Å². The largest absolute Gasteiger partial charge is 0.433 e. The van der Waals surface area contributed by atoms with Gasteiger partial charge in [0.15, 0.2) is 5.69 Å². The van der Waals surface area contributed by atoms with E-state index in [1.807, 2.05) is 0 Å². The van der Waals surface area contributed by atoms with Crippen molar-refractivity contribution in [1.29, 1.82) is 0 Å². The summed E-state index contributed by atoms with van der Waals surface area (Å²) in [5.74, 6) is -0.675. The Bertz CT molecular complexity index is 623. The molecule has 0 saturated carbocycles. The van der Waals surface area contributed by atoms with Gasteiger partial charge < -0.3 is 5.32 Å². The van der Waals surface area contributed by atoms with E-state index in [0.29, 0.717) is 11.6 Å². The third-order valence-corrected chi connectivity index (χ3v) is 2.47. The molecule has 0 aliphatic rings. The van der Waals surface area contributed by atoms with Gasteiger partial charge in [-0.2, -0.15) is 13.2 Å². The van der Waals surface area contributed by atoms with Crippen molar-refractivity contribution in [1.82, 2.24) is 9.97 Å². The van der Waals surface area contributed by atoms with E-state index < -0.39 is 23.0 Å². The van der Waals surface area contributed by atoms with Crippen LogP contribution >= 0.6 is 11.6 Å². The van der Waals surface area contributed by atoms with E-state index in [1.165, 1.54) is 6.07 Å². The third kappa shape index (κ3) is 3.57. The van der Waals surface area contributed by atoms with E-state index in [0.717, 1.165) is 6.07 Å². The molecule has 0 bridgehead atoms. The highest BCUT2D eigenvalue weighted by Crippen LogP contribution is 2.30. The van der Waals surface area contributed by atoms with Crippen molar-refractivity contribution in [3.63, 3.8) is 0 Å². The summed E-state index contributed by atoms with van der Waals surface area (Å²) in [6.45, 7) is 1.66. The van der Waals surface area contributed by atoms with Crippen LogP contribution in [-0.2, 0) is 6.18 Å². The number of halogens is 5. The van der Waals surface area contributed by atoms with E-state index in [4.69, 9.17) is 11.6 Å². The molecular weight excluding hydrogens is 298 g/mol. The molecule has 0 saturated heterocycles. The maximum absolute atomic E-state index is 13.2. The Balaban J connectivity index is 2.36. The normalized spacial score (nSPS) is 11.5. The molecule has 1 heterocycles. The van der Waals surface area contributed by atoms with E-state index >= 15 is 0 Å². The Labute approximate surface area is 116 Å². The predicted molar refractivity (Wildman–Crippen MR) is 66.5 cm³/mol. The second-order valence-corrected chi connectivity index (χ2v) is 4.39. The van der Waals surface area contributed by atoms with Gasteiger partial charge in [-0.25, -0.2) is 14.4 Å². The summed E-state index contributed by atoms with van der Waals surface area (Å²) in [6, 6.07) is 4.69. The molecule has 2 aromatic rings. The summed E-state index contributed by atoms with van der Waals surface area (Å²) >= 11 is 5.45. The molecule has 0 aliphatic heterocycles. The highest BCUT2D eigenvalue weighted by atomic mass is 35.5. The summed E-state index contributed by atoms with van der Waals surface area (Å²) in [4.78, 5) is 6.72. The summed E-state index contributed by atoms with van der Waals surface area (Å²) in [5, 5.41) is 2.02. The van der Waals surface area contributed by atoms with Crippen LogP contribution in [0.25, 0.3) is 0 Å². The minimum atomic E-state index is -4.64. The van der Waals surface area contributed by atoms with Gasteiger partial charge in [-0.1, -0.05) is 0 Å². The molecule has 20 heavy (non-hydrogen) atoms.